The van der Waals surface area contributed by atoms with Gasteiger partial charge >= 0.3 is 17.9 Å². The summed E-state index contributed by atoms with van der Waals surface area (Å²) in [5.74, 6) is -4.10. The smallest absolute Gasteiger partial charge is 0.335 e. The van der Waals surface area contributed by atoms with Gasteiger partial charge in [-0.3, -0.25) is 9.59 Å². The quantitative estimate of drug-likeness (QED) is 0.437. The number of carbonyl (C=O) groups excluding carboxylic acids is 2. The van der Waals surface area contributed by atoms with Gasteiger partial charge in [0.25, 0.3) is 0 Å². The van der Waals surface area contributed by atoms with Gasteiger partial charge in [-0.1, -0.05) is 32.9 Å². The molecule has 8 heteroatoms. The molecule has 0 radical (unpaired) electrons. The Hall–Kier alpha value is -1.93. The van der Waals surface area contributed by atoms with Gasteiger partial charge in [0.2, 0.25) is 0 Å². The van der Waals surface area contributed by atoms with Gasteiger partial charge in [-0.25, -0.2) is 4.79 Å². The molecule has 2 N–H and O–H groups in total. The van der Waals surface area contributed by atoms with Gasteiger partial charge in [0.1, 0.15) is 5.92 Å². The lowest BCUT2D eigenvalue weighted by Gasteiger charge is -2.59. The van der Waals surface area contributed by atoms with E-state index >= 15 is 0 Å². The van der Waals surface area contributed by atoms with Gasteiger partial charge < -0.3 is 24.4 Å². The first-order valence-electron chi connectivity index (χ1n) is 10.7. The molecular weight excluding hydrogens is 404 g/mol. The van der Waals surface area contributed by atoms with Crippen LogP contribution < -0.4 is 0 Å². The minimum atomic E-state index is -1.40. The number of hydrogen-bond donors (Lipinski definition) is 2. The van der Waals surface area contributed by atoms with Crippen molar-refractivity contribution in [3.63, 3.8) is 0 Å². The molecule has 2 aliphatic rings. The molecular formula is C23H36O8. The van der Waals surface area contributed by atoms with Crippen molar-refractivity contribution in [2.24, 2.45) is 28.6 Å². The Labute approximate surface area is 183 Å². The minimum absolute atomic E-state index is 0.102. The van der Waals surface area contributed by atoms with Gasteiger partial charge in [0.15, 0.2) is 6.10 Å². The summed E-state index contributed by atoms with van der Waals surface area (Å²) in [6.07, 6.45) is 0.746. The summed E-state index contributed by atoms with van der Waals surface area (Å²) in [6.45, 7) is 10.7. The van der Waals surface area contributed by atoms with E-state index in [1.165, 1.54) is 0 Å². The average molecular weight is 441 g/mol. The molecule has 2 saturated carbocycles. The fourth-order valence-corrected chi connectivity index (χ4v) is 5.79. The Bertz CT molecular complexity index is 714. The van der Waals surface area contributed by atoms with Crippen molar-refractivity contribution >= 4 is 17.9 Å². The monoisotopic (exact) mass is 440 g/mol. The van der Waals surface area contributed by atoms with Crippen molar-refractivity contribution in [3.05, 3.63) is 12.2 Å². The predicted molar refractivity (Wildman–Crippen MR) is 112 cm³/mol. The minimum Gasteiger partial charge on any atom is -0.481 e. The van der Waals surface area contributed by atoms with Gasteiger partial charge in [-0.15, -0.1) is 0 Å². The third-order valence-electron chi connectivity index (χ3n) is 7.69. The maximum absolute atomic E-state index is 12.4. The van der Waals surface area contributed by atoms with Crippen LogP contribution in [0.2, 0.25) is 0 Å². The zero-order chi connectivity index (χ0) is 23.6. The lowest BCUT2D eigenvalue weighted by Crippen LogP contribution is -2.56. The Morgan fingerprint density at radius 1 is 1.13 bits per heavy atom. The highest BCUT2D eigenvalue weighted by atomic mass is 16.6. The Morgan fingerprint density at radius 3 is 2.29 bits per heavy atom. The van der Waals surface area contributed by atoms with Crippen LogP contribution in [0.5, 0.6) is 0 Å². The van der Waals surface area contributed by atoms with E-state index in [4.69, 9.17) is 14.2 Å². The molecule has 0 aliphatic heterocycles. The summed E-state index contributed by atoms with van der Waals surface area (Å²) in [4.78, 5) is 35.9. The van der Waals surface area contributed by atoms with Crippen LogP contribution in [0.1, 0.15) is 52.9 Å². The molecule has 2 aliphatic carbocycles. The molecule has 0 bridgehead atoms. The lowest BCUT2D eigenvalue weighted by molar-refractivity contribution is -0.176. The Morgan fingerprint density at radius 2 is 1.74 bits per heavy atom. The predicted octanol–water partition coefficient (Wildman–Crippen LogP) is 2.58. The summed E-state index contributed by atoms with van der Waals surface area (Å²) >= 11 is 0. The topological polar surface area (TPSA) is 119 Å². The van der Waals surface area contributed by atoms with Gasteiger partial charge in [-0.2, -0.15) is 0 Å². The lowest BCUT2D eigenvalue weighted by atomic mass is 9.47. The second-order valence-electron chi connectivity index (χ2n) is 9.69. The van der Waals surface area contributed by atoms with Crippen LogP contribution in [-0.4, -0.2) is 61.2 Å². The number of fused-ring (bicyclic) bond motifs is 1. The number of methoxy groups -OCH3 is 2. The fourth-order valence-electron chi connectivity index (χ4n) is 5.79. The molecule has 0 aromatic carbocycles. The highest BCUT2D eigenvalue weighted by Gasteiger charge is 2.56. The summed E-state index contributed by atoms with van der Waals surface area (Å²) < 4.78 is 15.4. The first kappa shape index (κ1) is 25.3. The number of hydrogen-bond acceptors (Lipinski definition) is 7. The van der Waals surface area contributed by atoms with Crippen LogP contribution in [0, 0.1) is 28.6 Å². The molecule has 2 fully saturated rings. The molecule has 0 amide bonds. The van der Waals surface area contributed by atoms with Crippen LogP contribution >= 0.6 is 0 Å². The zero-order valence-corrected chi connectivity index (χ0v) is 19.2. The molecule has 0 spiro atoms. The maximum Gasteiger partial charge on any atom is 0.335 e. The number of aliphatic carboxylic acids is 1. The van der Waals surface area contributed by atoms with Crippen molar-refractivity contribution in [1.29, 1.82) is 0 Å². The molecule has 0 unspecified atom stereocenters. The second-order valence-corrected chi connectivity index (χ2v) is 9.69. The fraction of sp³-hybridized carbons (Fsp3) is 0.783. The van der Waals surface area contributed by atoms with E-state index in [1.807, 2.05) is 0 Å². The summed E-state index contributed by atoms with van der Waals surface area (Å²) in [5, 5.41) is 19.8. The van der Waals surface area contributed by atoms with Crippen molar-refractivity contribution in [2.75, 3.05) is 20.8 Å². The second kappa shape index (κ2) is 9.69. The Balaban J connectivity index is 2.30. The van der Waals surface area contributed by atoms with Gasteiger partial charge in [0, 0.05) is 5.92 Å². The number of carboxylic acid groups (broad SMARTS) is 1. The highest BCUT2D eigenvalue weighted by Crippen LogP contribution is 2.60. The van der Waals surface area contributed by atoms with E-state index in [9.17, 15) is 24.6 Å². The van der Waals surface area contributed by atoms with Crippen LogP contribution in [0.4, 0.5) is 0 Å². The van der Waals surface area contributed by atoms with Crippen molar-refractivity contribution < 1.29 is 38.8 Å². The zero-order valence-electron chi connectivity index (χ0n) is 19.2. The van der Waals surface area contributed by atoms with Crippen LogP contribution in [0.15, 0.2) is 12.2 Å². The number of aliphatic hydroxyl groups excluding tert-OH is 1. The average Bonchev–Trinajstić information content (AvgIpc) is 2.70. The molecule has 0 heterocycles. The number of esters is 2. The van der Waals surface area contributed by atoms with Crippen molar-refractivity contribution in [1.82, 2.24) is 0 Å². The molecule has 31 heavy (non-hydrogen) atoms. The van der Waals surface area contributed by atoms with E-state index < -0.39 is 36.4 Å². The van der Waals surface area contributed by atoms with Crippen molar-refractivity contribution in [3.8, 4) is 0 Å². The SMILES string of the molecule is C=C1CC[C@H]2C(C)(C)[C@@H](O)CC[C@]2(C)[C@H]1CO[C@@H](C(=O)OC)[C@H](CC(=O)O)C(=O)OC. The summed E-state index contributed by atoms with van der Waals surface area (Å²) in [5.41, 5.74) is 0.528. The first-order valence-corrected chi connectivity index (χ1v) is 10.7. The molecule has 2 rings (SSSR count). The number of carbonyl (C=O) groups is 3. The van der Waals surface area contributed by atoms with E-state index in [-0.39, 0.29) is 35.4 Å². The molecule has 8 nitrogen and oxygen atoms in total. The van der Waals surface area contributed by atoms with E-state index in [0.717, 1.165) is 39.1 Å². The van der Waals surface area contributed by atoms with Crippen molar-refractivity contribution in [2.45, 2.75) is 65.1 Å². The third kappa shape index (κ3) is 4.95. The maximum atomic E-state index is 12.4. The molecule has 0 aromatic heterocycles. The summed E-state index contributed by atoms with van der Waals surface area (Å²) in [7, 11) is 2.30. The molecule has 176 valence electrons. The number of aliphatic hydroxyl groups is 1. The molecule has 0 aromatic rings. The van der Waals surface area contributed by atoms with E-state index in [1.54, 1.807) is 0 Å². The first-order chi connectivity index (χ1) is 14.4. The molecule has 0 saturated heterocycles. The van der Waals surface area contributed by atoms with Crippen LogP contribution in [-0.2, 0) is 28.6 Å². The number of carboxylic acids is 1. The van der Waals surface area contributed by atoms with Crippen LogP contribution in [0.25, 0.3) is 0 Å². The highest BCUT2D eigenvalue weighted by molar-refractivity contribution is 5.86. The van der Waals surface area contributed by atoms with Gasteiger partial charge in [-0.05, 0) is 42.4 Å². The summed E-state index contributed by atoms with van der Waals surface area (Å²) in [6, 6.07) is 0. The molecule has 6 atom stereocenters. The van der Waals surface area contributed by atoms with E-state index in [0.29, 0.717) is 6.42 Å². The van der Waals surface area contributed by atoms with E-state index in [2.05, 4.69) is 27.4 Å². The number of rotatable bonds is 8. The Kier molecular flexibility index (Phi) is 7.92. The largest absolute Gasteiger partial charge is 0.481 e. The standard InChI is InChI=1S/C23H36O8/c1-13-7-8-16-22(2,3)17(24)9-10-23(16,4)15(13)12-31-19(21(28)30-6)14(11-18(25)26)20(27)29-5/h14-17,19,24H,1,7-12H2,2-6H3,(H,25,26)/t14-,15-,16-,17-,19+,23+/m0/s1. The van der Waals surface area contributed by atoms with Crippen LogP contribution in [0.3, 0.4) is 0 Å². The van der Waals surface area contributed by atoms with Gasteiger partial charge in [0.05, 0.1) is 33.4 Å². The number of ether oxygens (including phenoxy) is 3. The normalized spacial score (nSPS) is 31.8. The third-order valence-corrected chi connectivity index (χ3v) is 7.69.